The molecule has 0 amide bonds. The maximum Gasteiger partial charge on any atom is 0.160 e. The fourth-order valence-electron chi connectivity index (χ4n) is 1.50. The maximum atomic E-state index is 11.3. The van der Waals surface area contributed by atoms with E-state index < -0.39 is 0 Å². The van der Waals surface area contributed by atoms with Crippen molar-refractivity contribution in [3.05, 3.63) is 28.9 Å². The second kappa shape index (κ2) is 3.10. The van der Waals surface area contributed by atoms with E-state index >= 15 is 0 Å². The highest BCUT2D eigenvalue weighted by Crippen LogP contribution is 2.26. The normalized spacial score (nSPS) is 10.8. The first-order chi connectivity index (χ1) is 6.61. The average Bonchev–Trinajstić information content (AvgIpc) is 2.43. The van der Waals surface area contributed by atoms with Gasteiger partial charge in [-0.15, -0.1) is 0 Å². The molecule has 0 fully saturated rings. The van der Waals surface area contributed by atoms with Crippen LogP contribution in [0.15, 0.2) is 18.2 Å². The minimum atomic E-state index is 0.00509. The predicted octanol–water partition coefficient (Wildman–Crippen LogP) is 2.43. The van der Waals surface area contributed by atoms with Gasteiger partial charge in [-0.2, -0.15) is 5.10 Å². The van der Waals surface area contributed by atoms with Crippen molar-refractivity contribution in [1.29, 1.82) is 0 Å². The predicted molar refractivity (Wildman–Crippen MR) is 55.7 cm³/mol. The number of halogens is 1. The molecule has 2 aromatic rings. The largest absolute Gasteiger partial charge is 0.294 e. The third kappa shape index (κ3) is 1.21. The molecule has 0 saturated heterocycles. The Morgan fingerprint density at radius 2 is 2.21 bits per heavy atom. The van der Waals surface area contributed by atoms with Crippen LogP contribution in [0.4, 0.5) is 0 Å². The number of hydrogen-bond donors (Lipinski definition) is 0. The Morgan fingerprint density at radius 1 is 1.50 bits per heavy atom. The lowest BCUT2D eigenvalue weighted by Gasteiger charge is -1.97. The summed E-state index contributed by atoms with van der Waals surface area (Å²) in [4.78, 5) is 11.3. The van der Waals surface area contributed by atoms with Crippen molar-refractivity contribution in [2.45, 2.75) is 6.92 Å². The Bertz CT molecular complexity index is 516. The van der Waals surface area contributed by atoms with Gasteiger partial charge in [0.2, 0.25) is 0 Å². The minimum Gasteiger partial charge on any atom is -0.294 e. The average molecular weight is 209 g/mol. The number of carbonyl (C=O) groups is 1. The molecule has 1 aromatic heterocycles. The van der Waals surface area contributed by atoms with Gasteiger partial charge in [0.1, 0.15) is 5.15 Å². The molecule has 0 radical (unpaired) electrons. The zero-order valence-corrected chi connectivity index (χ0v) is 8.67. The van der Waals surface area contributed by atoms with Gasteiger partial charge in [-0.25, -0.2) is 0 Å². The third-order valence-corrected chi connectivity index (χ3v) is 2.60. The van der Waals surface area contributed by atoms with Crippen LogP contribution in [0.2, 0.25) is 5.15 Å². The van der Waals surface area contributed by atoms with Gasteiger partial charge in [0, 0.05) is 18.0 Å². The summed E-state index contributed by atoms with van der Waals surface area (Å²) in [6.45, 7) is 1.53. The number of carbonyl (C=O) groups excluding carboxylic acids is 1. The fraction of sp³-hybridized carbons (Fsp3) is 0.200. The number of ketones is 1. The van der Waals surface area contributed by atoms with Crippen molar-refractivity contribution in [2.24, 2.45) is 7.05 Å². The Labute approximate surface area is 86.3 Å². The maximum absolute atomic E-state index is 11.3. The zero-order chi connectivity index (χ0) is 10.3. The Hall–Kier alpha value is -1.35. The second-order valence-corrected chi connectivity index (χ2v) is 3.53. The molecule has 0 N–H and O–H groups in total. The van der Waals surface area contributed by atoms with Gasteiger partial charge in [0.25, 0.3) is 0 Å². The van der Waals surface area contributed by atoms with E-state index in [-0.39, 0.29) is 5.78 Å². The SMILES string of the molecule is CC(=O)c1cccc2nn(C)c(Cl)c12. The highest BCUT2D eigenvalue weighted by molar-refractivity contribution is 6.35. The van der Waals surface area contributed by atoms with Gasteiger partial charge in [-0.05, 0) is 13.0 Å². The van der Waals surface area contributed by atoms with E-state index in [9.17, 15) is 4.79 Å². The van der Waals surface area contributed by atoms with Crippen LogP contribution in [-0.2, 0) is 7.05 Å². The lowest BCUT2D eigenvalue weighted by atomic mass is 10.1. The molecule has 72 valence electrons. The summed E-state index contributed by atoms with van der Waals surface area (Å²) in [7, 11) is 1.76. The van der Waals surface area contributed by atoms with E-state index in [1.807, 2.05) is 12.1 Å². The van der Waals surface area contributed by atoms with Crippen LogP contribution in [0, 0.1) is 0 Å². The quantitative estimate of drug-likeness (QED) is 0.675. The number of aromatic nitrogens is 2. The summed E-state index contributed by atoms with van der Waals surface area (Å²) in [5.74, 6) is 0.00509. The number of fused-ring (bicyclic) bond motifs is 1. The summed E-state index contributed by atoms with van der Waals surface area (Å²) >= 11 is 6.04. The molecule has 0 atom stereocenters. The van der Waals surface area contributed by atoms with E-state index in [1.165, 1.54) is 6.92 Å². The Kier molecular flexibility index (Phi) is 2.04. The van der Waals surface area contributed by atoms with Crippen molar-refractivity contribution >= 4 is 28.3 Å². The van der Waals surface area contributed by atoms with E-state index in [1.54, 1.807) is 17.8 Å². The monoisotopic (exact) mass is 208 g/mol. The molecule has 0 aliphatic heterocycles. The topological polar surface area (TPSA) is 34.9 Å². The summed E-state index contributed by atoms with van der Waals surface area (Å²) < 4.78 is 1.57. The van der Waals surface area contributed by atoms with E-state index in [0.29, 0.717) is 10.7 Å². The zero-order valence-electron chi connectivity index (χ0n) is 7.91. The van der Waals surface area contributed by atoms with Crippen LogP contribution < -0.4 is 0 Å². The number of rotatable bonds is 1. The van der Waals surface area contributed by atoms with E-state index in [4.69, 9.17) is 11.6 Å². The molecule has 14 heavy (non-hydrogen) atoms. The van der Waals surface area contributed by atoms with Crippen molar-refractivity contribution in [3.63, 3.8) is 0 Å². The van der Waals surface area contributed by atoms with Gasteiger partial charge in [-0.3, -0.25) is 9.48 Å². The van der Waals surface area contributed by atoms with Gasteiger partial charge >= 0.3 is 0 Å². The van der Waals surface area contributed by atoms with Crippen LogP contribution in [-0.4, -0.2) is 15.6 Å². The lowest BCUT2D eigenvalue weighted by Crippen LogP contribution is -1.92. The molecule has 0 unspecified atom stereocenters. The molecule has 0 bridgehead atoms. The van der Waals surface area contributed by atoms with Crippen molar-refractivity contribution in [1.82, 2.24) is 9.78 Å². The second-order valence-electron chi connectivity index (χ2n) is 3.17. The van der Waals surface area contributed by atoms with Crippen LogP contribution >= 0.6 is 11.6 Å². The summed E-state index contributed by atoms with van der Waals surface area (Å²) in [5.41, 5.74) is 1.38. The lowest BCUT2D eigenvalue weighted by molar-refractivity contribution is 0.101. The highest BCUT2D eigenvalue weighted by Gasteiger charge is 2.12. The smallest absolute Gasteiger partial charge is 0.160 e. The molecule has 1 aromatic carbocycles. The van der Waals surface area contributed by atoms with Crippen LogP contribution in [0.25, 0.3) is 10.9 Å². The molecule has 2 rings (SSSR count). The first kappa shape index (κ1) is 9.21. The van der Waals surface area contributed by atoms with E-state index in [0.717, 1.165) is 10.9 Å². The fourth-order valence-corrected chi connectivity index (χ4v) is 1.74. The number of nitrogens with zero attached hydrogens (tertiary/aromatic N) is 2. The standard InChI is InChI=1S/C10H9ClN2O/c1-6(14)7-4-3-5-8-9(7)10(11)13(2)12-8/h3-5H,1-2H3. The van der Waals surface area contributed by atoms with Gasteiger partial charge in [0.05, 0.1) is 5.52 Å². The minimum absolute atomic E-state index is 0.00509. The Balaban J connectivity index is 2.91. The van der Waals surface area contributed by atoms with Gasteiger partial charge in [0.15, 0.2) is 5.78 Å². The molecule has 0 aliphatic rings. The third-order valence-electron chi connectivity index (χ3n) is 2.17. The molecule has 1 heterocycles. The molecule has 0 aliphatic carbocycles. The molecule has 0 spiro atoms. The van der Waals surface area contributed by atoms with Crippen molar-refractivity contribution in [2.75, 3.05) is 0 Å². The summed E-state index contributed by atoms with van der Waals surface area (Å²) in [5, 5.41) is 5.43. The summed E-state index contributed by atoms with van der Waals surface area (Å²) in [6.07, 6.45) is 0. The van der Waals surface area contributed by atoms with Crippen LogP contribution in [0.5, 0.6) is 0 Å². The molecule has 0 saturated carbocycles. The van der Waals surface area contributed by atoms with Crippen molar-refractivity contribution in [3.8, 4) is 0 Å². The summed E-state index contributed by atoms with van der Waals surface area (Å²) in [6, 6.07) is 5.41. The van der Waals surface area contributed by atoms with E-state index in [2.05, 4.69) is 5.10 Å². The molecule has 4 heteroatoms. The molecular formula is C10H9ClN2O. The molecule has 3 nitrogen and oxygen atoms in total. The molecular weight excluding hydrogens is 200 g/mol. The number of benzene rings is 1. The van der Waals surface area contributed by atoms with Gasteiger partial charge in [-0.1, -0.05) is 23.7 Å². The first-order valence-corrected chi connectivity index (χ1v) is 4.61. The first-order valence-electron chi connectivity index (χ1n) is 4.23. The van der Waals surface area contributed by atoms with Crippen molar-refractivity contribution < 1.29 is 4.79 Å². The number of hydrogen-bond acceptors (Lipinski definition) is 2. The van der Waals surface area contributed by atoms with Gasteiger partial charge < -0.3 is 0 Å². The highest BCUT2D eigenvalue weighted by atomic mass is 35.5. The Morgan fingerprint density at radius 3 is 2.86 bits per heavy atom. The number of aryl methyl sites for hydroxylation is 1. The number of Topliss-reactive ketones (excluding diaryl/α,β-unsaturated/α-hetero) is 1. The van der Waals surface area contributed by atoms with Crippen LogP contribution in [0.1, 0.15) is 17.3 Å². The van der Waals surface area contributed by atoms with Crippen LogP contribution in [0.3, 0.4) is 0 Å².